The summed E-state index contributed by atoms with van der Waals surface area (Å²) >= 11 is 7.93. The third-order valence-corrected chi connectivity index (χ3v) is 6.87. The van der Waals surface area contributed by atoms with E-state index in [1.807, 2.05) is 28.6 Å². The molecule has 0 heterocycles. The number of hydrogen-bond acceptors (Lipinski definition) is 4. The molecule has 0 aliphatic carbocycles. The molecule has 0 saturated heterocycles. The topological polar surface area (TPSA) is 159 Å². The Bertz CT molecular complexity index is 965. The predicted molar refractivity (Wildman–Crippen MR) is 130 cm³/mol. The summed E-state index contributed by atoms with van der Waals surface area (Å²) in [5.74, 6) is -0.513. The minimum absolute atomic E-state index is 0. The van der Waals surface area contributed by atoms with Crippen molar-refractivity contribution in [3.05, 3.63) is 95.5 Å². The number of carbonyl (C=O) groups is 1. The first-order chi connectivity index (χ1) is 14.5. The van der Waals surface area contributed by atoms with E-state index in [0.717, 1.165) is 0 Å². The van der Waals surface area contributed by atoms with Crippen molar-refractivity contribution < 1.29 is 34.8 Å². The molecule has 1 amide bonds. The zero-order chi connectivity index (χ0) is 21.4. The number of amides is 1. The number of rotatable bonds is 9. The second kappa shape index (κ2) is 14.7. The van der Waals surface area contributed by atoms with Crippen molar-refractivity contribution in [1.29, 1.82) is 0 Å². The van der Waals surface area contributed by atoms with Crippen LogP contribution in [0.4, 0.5) is 0 Å². The Morgan fingerprint density at radius 1 is 0.848 bits per heavy atom. The molecule has 0 bridgehead atoms. The van der Waals surface area contributed by atoms with Crippen LogP contribution in [0.3, 0.4) is 0 Å². The third kappa shape index (κ3) is 8.85. The summed E-state index contributed by atoms with van der Waals surface area (Å²) in [6.07, 6.45) is 0.292. The van der Waals surface area contributed by atoms with Gasteiger partial charge in [0.1, 0.15) is 0 Å². The maximum atomic E-state index is 14.2. The van der Waals surface area contributed by atoms with Gasteiger partial charge in [-0.3, -0.25) is 0 Å². The van der Waals surface area contributed by atoms with Crippen LogP contribution in [0, 0.1) is 0 Å². The average molecular weight is 555 g/mol. The summed E-state index contributed by atoms with van der Waals surface area (Å²) in [5.41, 5.74) is 0.569. The molecule has 11 heteroatoms. The van der Waals surface area contributed by atoms with Crippen LogP contribution in [0.1, 0.15) is 17.8 Å². The van der Waals surface area contributed by atoms with Gasteiger partial charge < -0.3 is 16.4 Å². The summed E-state index contributed by atoms with van der Waals surface area (Å²) in [6.45, 7) is 0. The number of hydrogen-bond donors (Lipinski definition) is 1. The number of para-hydroxylation sites is 2. The van der Waals surface area contributed by atoms with Gasteiger partial charge in [-0.25, -0.2) is 0 Å². The van der Waals surface area contributed by atoms with Gasteiger partial charge in [-0.1, -0.05) is 0 Å². The fourth-order valence-corrected chi connectivity index (χ4v) is 5.23. The summed E-state index contributed by atoms with van der Waals surface area (Å²) in [4.78, 5) is 12.5. The minimum atomic E-state index is -3.96. The van der Waals surface area contributed by atoms with E-state index < -0.39 is 13.4 Å². The van der Waals surface area contributed by atoms with E-state index in [1.165, 1.54) is 0 Å². The Labute approximate surface area is 205 Å². The Hall–Kier alpha value is -2.33. The molecule has 0 fully saturated rings. The van der Waals surface area contributed by atoms with Gasteiger partial charge in [-0.2, -0.15) is 0 Å². The van der Waals surface area contributed by atoms with Crippen LogP contribution < -0.4 is 14.4 Å². The third-order valence-electron chi connectivity index (χ3n) is 4.10. The van der Waals surface area contributed by atoms with Crippen LogP contribution in [0.2, 0.25) is 10.3 Å². The molecule has 0 spiro atoms. The Kier molecular flexibility index (Phi) is 13.7. The maximum absolute atomic E-state index is 14.2. The van der Waals surface area contributed by atoms with Crippen LogP contribution in [-0.4, -0.2) is 38.8 Å². The second-order valence-electron chi connectivity index (χ2n) is 6.37. The van der Waals surface area contributed by atoms with E-state index in [2.05, 4.69) is 5.32 Å². The van der Waals surface area contributed by atoms with E-state index in [-0.39, 0.29) is 22.3 Å². The van der Waals surface area contributed by atoms with Crippen molar-refractivity contribution in [2.45, 2.75) is 17.5 Å². The van der Waals surface area contributed by atoms with Gasteiger partial charge >= 0.3 is 190 Å². The average Bonchev–Trinajstić information content (AvgIpc) is 2.74. The number of halogens is 1. The Morgan fingerprint density at radius 3 is 1.73 bits per heavy atom. The van der Waals surface area contributed by atoms with Crippen LogP contribution in [0.15, 0.2) is 84.9 Å². The second-order valence-corrected chi connectivity index (χ2v) is 9.82. The van der Waals surface area contributed by atoms with Gasteiger partial charge in [0.15, 0.2) is 0 Å². The molecule has 3 aromatic rings. The van der Waals surface area contributed by atoms with Crippen LogP contribution in [0.5, 0.6) is 11.5 Å². The molecule has 0 aliphatic rings. The molecule has 3 rings (SSSR count). The molecule has 7 N–H and O–H groups in total. The molecule has 0 aliphatic heterocycles. The number of nitrogens with one attached hydrogen (secondary N) is 1. The normalized spacial score (nSPS) is 11.0. The number of carbonyl (C=O) groups excluding carboxylic acids is 1. The number of benzene rings is 3. The molecular formula is C22H26ClGeNO7P. The zero-order valence-corrected chi connectivity index (χ0v) is 21.3. The molecule has 33 heavy (non-hydrogen) atoms. The van der Waals surface area contributed by atoms with Gasteiger partial charge in [0.25, 0.3) is 0 Å². The van der Waals surface area contributed by atoms with Gasteiger partial charge in [-0.05, 0) is 0 Å². The Balaban J connectivity index is 0.00000341. The van der Waals surface area contributed by atoms with Gasteiger partial charge in [0.05, 0.1) is 0 Å². The van der Waals surface area contributed by atoms with Gasteiger partial charge in [0.2, 0.25) is 0 Å². The van der Waals surface area contributed by atoms with Crippen molar-refractivity contribution >= 4 is 41.6 Å². The molecule has 1 atom stereocenters. The molecule has 177 valence electrons. The molecule has 0 saturated carbocycles. The summed E-state index contributed by atoms with van der Waals surface area (Å²) < 4.78 is 26.0. The van der Waals surface area contributed by atoms with Crippen molar-refractivity contribution in [2.24, 2.45) is 0 Å². The van der Waals surface area contributed by atoms with E-state index in [9.17, 15) is 9.36 Å². The van der Waals surface area contributed by atoms with Gasteiger partial charge in [-0.15, -0.1) is 0 Å². The van der Waals surface area contributed by atoms with E-state index in [0.29, 0.717) is 33.8 Å². The quantitative estimate of drug-likeness (QED) is 0.317. The standard InChI is InChI=1S/C22H20ClGeNO4P.3H2O/c23-18-13-11-17(12-14-18)22(25-21(26)15-16-24)30(27,28-19-7-3-1-4-8-19)29-20-9-5-2-6-10-20;;;/h1-14,22H,15-16H2,(H,25,26);3*1H2. The fraction of sp³-hybridized carbons (Fsp3) is 0.136. The van der Waals surface area contributed by atoms with E-state index in [4.69, 9.17) is 20.6 Å². The van der Waals surface area contributed by atoms with Crippen LogP contribution in [0.25, 0.3) is 0 Å². The SMILES string of the molecule is O.O.O.O=C(C[CH2][Ge])NC(c1ccc(Cl)cc1)P(=O)(Oc1ccccc1)Oc1ccccc1. The van der Waals surface area contributed by atoms with Crippen molar-refractivity contribution in [3.8, 4) is 11.5 Å². The molecule has 0 aromatic heterocycles. The Morgan fingerprint density at radius 2 is 1.30 bits per heavy atom. The summed E-state index contributed by atoms with van der Waals surface area (Å²) in [5, 5.41) is 4.02. The first-order valence-corrected chi connectivity index (χ1v) is 12.8. The van der Waals surface area contributed by atoms with Crippen molar-refractivity contribution in [1.82, 2.24) is 5.32 Å². The van der Waals surface area contributed by atoms with E-state index >= 15 is 0 Å². The molecular weight excluding hydrogens is 529 g/mol. The van der Waals surface area contributed by atoms with Crippen LogP contribution in [-0.2, 0) is 9.36 Å². The van der Waals surface area contributed by atoms with Gasteiger partial charge in [0, 0.05) is 0 Å². The molecule has 3 radical (unpaired) electrons. The van der Waals surface area contributed by atoms with Crippen molar-refractivity contribution in [2.75, 3.05) is 0 Å². The fourth-order valence-electron chi connectivity index (χ4n) is 2.71. The predicted octanol–water partition coefficient (Wildman–Crippen LogP) is 3.31. The zero-order valence-electron chi connectivity index (χ0n) is 17.5. The molecule has 3 aromatic carbocycles. The summed E-state index contributed by atoms with van der Waals surface area (Å²) in [7, 11) is -3.96. The first-order valence-electron chi connectivity index (χ1n) is 9.28. The monoisotopic (exact) mass is 556 g/mol. The first kappa shape index (κ1) is 30.7. The van der Waals surface area contributed by atoms with Crippen molar-refractivity contribution in [3.63, 3.8) is 0 Å². The molecule has 1 unspecified atom stereocenters. The van der Waals surface area contributed by atoms with E-state index in [1.54, 1.807) is 72.8 Å². The molecule has 8 nitrogen and oxygen atoms in total. The van der Waals surface area contributed by atoms with Crippen LogP contribution >= 0.6 is 19.2 Å². The summed E-state index contributed by atoms with van der Waals surface area (Å²) in [6, 6.07) is 24.3.